The maximum atomic E-state index is 14.0. The standard InChI is InChI=1S/C26H30N8O3/c1-3-4-13-32-23-22(30-26(32)31-12-6-7-18(27)16-31)24(35)33(14-15-37-2)34(25(23)36)17-19-9-10-20-21(29-19)8-5-11-28-20/h5,8-11,18H,6-7,12-17,27H2,1-2H3. The first kappa shape index (κ1) is 24.7. The zero-order valence-corrected chi connectivity index (χ0v) is 21.1. The largest absolute Gasteiger partial charge is 0.383 e. The monoisotopic (exact) mass is 502 g/mol. The van der Waals surface area contributed by atoms with E-state index in [1.165, 1.54) is 9.36 Å². The summed E-state index contributed by atoms with van der Waals surface area (Å²) in [4.78, 5) is 43.5. The summed E-state index contributed by atoms with van der Waals surface area (Å²) < 4.78 is 9.82. The summed E-state index contributed by atoms with van der Waals surface area (Å²) in [5.41, 5.74) is 8.00. The van der Waals surface area contributed by atoms with Crippen LogP contribution in [0.1, 0.15) is 25.5 Å². The molecule has 11 heteroatoms. The van der Waals surface area contributed by atoms with Gasteiger partial charge in [0.15, 0.2) is 5.52 Å². The van der Waals surface area contributed by atoms with Crippen molar-refractivity contribution in [1.82, 2.24) is 28.9 Å². The van der Waals surface area contributed by atoms with Gasteiger partial charge in [0.1, 0.15) is 5.52 Å². The highest BCUT2D eigenvalue weighted by Gasteiger charge is 2.27. The summed E-state index contributed by atoms with van der Waals surface area (Å²) in [5, 5.41) is 0. The average Bonchev–Trinajstić information content (AvgIpc) is 3.30. The van der Waals surface area contributed by atoms with E-state index >= 15 is 0 Å². The Morgan fingerprint density at radius 1 is 1.14 bits per heavy atom. The maximum absolute atomic E-state index is 14.0. The Balaban J connectivity index is 1.71. The predicted molar refractivity (Wildman–Crippen MR) is 142 cm³/mol. The number of anilines is 1. The molecule has 4 aromatic rings. The molecule has 1 aliphatic heterocycles. The van der Waals surface area contributed by atoms with Crippen molar-refractivity contribution < 1.29 is 4.74 Å². The van der Waals surface area contributed by atoms with Gasteiger partial charge in [-0.2, -0.15) is 0 Å². The number of aromatic nitrogens is 6. The van der Waals surface area contributed by atoms with E-state index in [1.807, 2.05) is 29.2 Å². The van der Waals surface area contributed by atoms with Crippen molar-refractivity contribution in [2.24, 2.45) is 5.73 Å². The SMILES string of the molecule is CC#CCn1c(N2CCCC(N)C2)nc2c(=O)n(CCOC)n(Cc3ccc4ncccc4n3)c(=O)c21. The second-order valence-corrected chi connectivity index (χ2v) is 9.10. The number of ether oxygens (including phenoxy) is 1. The molecule has 2 N–H and O–H groups in total. The number of piperidine rings is 1. The van der Waals surface area contributed by atoms with E-state index in [2.05, 4.69) is 21.8 Å². The zero-order chi connectivity index (χ0) is 25.9. The van der Waals surface area contributed by atoms with Crippen LogP contribution in [0, 0.1) is 11.8 Å². The van der Waals surface area contributed by atoms with Crippen LogP contribution >= 0.6 is 0 Å². The van der Waals surface area contributed by atoms with Gasteiger partial charge in [-0.3, -0.25) is 19.1 Å². The van der Waals surface area contributed by atoms with Gasteiger partial charge in [0.2, 0.25) is 5.95 Å². The molecule has 0 bridgehead atoms. The lowest BCUT2D eigenvalue weighted by molar-refractivity contribution is 0.175. The summed E-state index contributed by atoms with van der Waals surface area (Å²) in [5.74, 6) is 6.47. The number of pyridine rings is 2. The van der Waals surface area contributed by atoms with Crippen LogP contribution in [0.5, 0.6) is 0 Å². The molecule has 1 fully saturated rings. The highest BCUT2D eigenvalue weighted by Crippen LogP contribution is 2.22. The molecule has 1 aliphatic rings. The van der Waals surface area contributed by atoms with E-state index in [-0.39, 0.29) is 54.4 Å². The first-order valence-electron chi connectivity index (χ1n) is 12.4. The maximum Gasteiger partial charge on any atom is 0.293 e. The molecule has 4 aromatic heterocycles. The van der Waals surface area contributed by atoms with Crippen molar-refractivity contribution in [3.63, 3.8) is 0 Å². The molecule has 0 radical (unpaired) electrons. The normalized spacial score (nSPS) is 15.8. The van der Waals surface area contributed by atoms with E-state index in [1.54, 1.807) is 24.8 Å². The van der Waals surface area contributed by atoms with E-state index in [4.69, 9.17) is 15.5 Å². The minimum absolute atomic E-state index is 0.00255. The topological polar surface area (TPSA) is 126 Å². The van der Waals surface area contributed by atoms with Gasteiger partial charge in [0, 0.05) is 32.4 Å². The third-order valence-corrected chi connectivity index (χ3v) is 6.60. The molecular weight excluding hydrogens is 472 g/mol. The minimum Gasteiger partial charge on any atom is -0.383 e. The van der Waals surface area contributed by atoms with Crippen LogP contribution in [-0.4, -0.2) is 61.7 Å². The Labute approximate surface area is 213 Å². The third-order valence-electron chi connectivity index (χ3n) is 6.60. The van der Waals surface area contributed by atoms with Crippen LogP contribution in [0.3, 0.4) is 0 Å². The van der Waals surface area contributed by atoms with Crippen molar-refractivity contribution in [3.05, 3.63) is 56.9 Å². The lowest BCUT2D eigenvalue weighted by Crippen LogP contribution is -2.44. The Hall–Kier alpha value is -4.01. The van der Waals surface area contributed by atoms with Gasteiger partial charge in [0.25, 0.3) is 11.1 Å². The Kier molecular flexibility index (Phi) is 7.03. The number of hydrogen-bond acceptors (Lipinski definition) is 8. The zero-order valence-electron chi connectivity index (χ0n) is 21.1. The molecular formula is C26H30N8O3. The summed E-state index contributed by atoms with van der Waals surface area (Å²) in [6.45, 7) is 3.89. The summed E-state index contributed by atoms with van der Waals surface area (Å²) >= 11 is 0. The highest BCUT2D eigenvalue weighted by molar-refractivity contribution is 5.77. The molecule has 0 amide bonds. The van der Waals surface area contributed by atoms with Crippen molar-refractivity contribution in [2.75, 3.05) is 31.7 Å². The summed E-state index contributed by atoms with van der Waals surface area (Å²) in [6.07, 6.45) is 3.54. The first-order chi connectivity index (χ1) is 18.0. The molecule has 0 spiro atoms. The molecule has 0 aliphatic carbocycles. The van der Waals surface area contributed by atoms with Crippen LogP contribution < -0.4 is 21.8 Å². The molecule has 37 heavy (non-hydrogen) atoms. The number of imidazole rings is 1. The Morgan fingerprint density at radius 2 is 2.00 bits per heavy atom. The molecule has 5 heterocycles. The lowest BCUT2D eigenvalue weighted by atomic mass is 10.1. The third kappa shape index (κ3) is 4.73. The second-order valence-electron chi connectivity index (χ2n) is 9.10. The van der Waals surface area contributed by atoms with E-state index in [0.29, 0.717) is 23.7 Å². The van der Waals surface area contributed by atoms with Gasteiger partial charge >= 0.3 is 0 Å². The summed E-state index contributed by atoms with van der Waals surface area (Å²) in [6, 6.07) is 7.36. The van der Waals surface area contributed by atoms with Crippen molar-refractivity contribution >= 4 is 28.0 Å². The van der Waals surface area contributed by atoms with E-state index in [0.717, 1.165) is 24.9 Å². The number of hydrogen-bond donors (Lipinski definition) is 1. The van der Waals surface area contributed by atoms with Gasteiger partial charge in [-0.15, -0.1) is 5.92 Å². The minimum atomic E-state index is -0.361. The molecule has 0 saturated carbocycles. The molecule has 1 unspecified atom stereocenters. The fraction of sp³-hybridized carbons (Fsp3) is 0.423. The fourth-order valence-electron chi connectivity index (χ4n) is 4.81. The van der Waals surface area contributed by atoms with E-state index < -0.39 is 0 Å². The number of rotatable bonds is 7. The second kappa shape index (κ2) is 10.5. The fourth-order valence-corrected chi connectivity index (χ4v) is 4.81. The predicted octanol–water partition coefficient (Wildman–Crippen LogP) is 0.948. The van der Waals surface area contributed by atoms with Crippen LogP contribution in [0.25, 0.3) is 22.1 Å². The van der Waals surface area contributed by atoms with Crippen molar-refractivity contribution in [3.8, 4) is 11.8 Å². The lowest BCUT2D eigenvalue weighted by Gasteiger charge is -2.31. The number of nitrogens with two attached hydrogens (primary N) is 1. The van der Waals surface area contributed by atoms with Crippen LogP contribution in [0.15, 0.2) is 40.1 Å². The average molecular weight is 503 g/mol. The molecule has 1 atom stereocenters. The number of methoxy groups -OCH3 is 1. The Morgan fingerprint density at radius 3 is 2.78 bits per heavy atom. The van der Waals surface area contributed by atoms with Gasteiger partial charge in [0.05, 0.1) is 43.0 Å². The van der Waals surface area contributed by atoms with Gasteiger partial charge < -0.3 is 15.4 Å². The van der Waals surface area contributed by atoms with Gasteiger partial charge in [-0.05, 0) is 44.0 Å². The highest BCUT2D eigenvalue weighted by atomic mass is 16.5. The molecule has 192 valence electrons. The Bertz CT molecular complexity index is 1620. The molecule has 5 rings (SSSR count). The van der Waals surface area contributed by atoms with Crippen LogP contribution in [0.2, 0.25) is 0 Å². The summed E-state index contributed by atoms with van der Waals surface area (Å²) in [7, 11) is 1.56. The number of fused-ring (bicyclic) bond motifs is 2. The van der Waals surface area contributed by atoms with Gasteiger partial charge in [-0.25, -0.2) is 19.3 Å². The van der Waals surface area contributed by atoms with Crippen LogP contribution in [0.4, 0.5) is 5.95 Å². The molecule has 0 aromatic carbocycles. The smallest absolute Gasteiger partial charge is 0.293 e. The first-order valence-corrected chi connectivity index (χ1v) is 12.4. The quantitative estimate of drug-likeness (QED) is 0.370. The van der Waals surface area contributed by atoms with Crippen molar-refractivity contribution in [2.45, 2.75) is 45.4 Å². The van der Waals surface area contributed by atoms with Crippen molar-refractivity contribution in [1.29, 1.82) is 0 Å². The van der Waals surface area contributed by atoms with Crippen LogP contribution in [-0.2, 0) is 24.4 Å². The number of nitrogens with zero attached hydrogens (tertiary/aromatic N) is 7. The molecule has 1 saturated heterocycles. The van der Waals surface area contributed by atoms with Gasteiger partial charge in [-0.1, -0.05) is 5.92 Å². The molecule has 11 nitrogen and oxygen atoms in total. The van der Waals surface area contributed by atoms with E-state index in [9.17, 15) is 9.59 Å².